The van der Waals surface area contributed by atoms with Crippen molar-refractivity contribution in [2.45, 2.75) is 20.4 Å². The number of nitrogens with one attached hydrogen (secondary N) is 2. The summed E-state index contributed by atoms with van der Waals surface area (Å²) in [6.07, 6.45) is 0. The molecule has 0 aliphatic rings. The van der Waals surface area contributed by atoms with Crippen molar-refractivity contribution in [3.63, 3.8) is 0 Å². The van der Waals surface area contributed by atoms with Crippen molar-refractivity contribution >= 4 is 40.4 Å². The van der Waals surface area contributed by atoms with E-state index < -0.39 is 0 Å². The molecule has 2 rings (SSSR count). The number of thiophene rings is 1. The van der Waals surface area contributed by atoms with Gasteiger partial charge in [-0.1, -0.05) is 37.6 Å². The number of hydrogen-bond acceptors (Lipinski definition) is 3. The van der Waals surface area contributed by atoms with Crippen molar-refractivity contribution in [3.05, 3.63) is 51.2 Å². The predicted molar refractivity (Wildman–Crippen MR) is 90.4 cm³/mol. The van der Waals surface area contributed by atoms with Gasteiger partial charge in [-0.25, -0.2) is 0 Å². The third kappa shape index (κ3) is 4.58. The van der Waals surface area contributed by atoms with Gasteiger partial charge >= 0.3 is 0 Å². The van der Waals surface area contributed by atoms with Gasteiger partial charge in [0.25, 0.3) is 5.91 Å². The monoisotopic (exact) mass is 336 g/mol. The molecule has 0 atom stereocenters. The zero-order valence-corrected chi connectivity index (χ0v) is 13.9. The van der Waals surface area contributed by atoms with Crippen LogP contribution in [0, 0.1) is 5.92 Å². The third-order valence-electron chi connectivity index (χ3n) is 3.00. The van der Waals surface area contributed by atoms with Crippen LogP contribution in [-0.2, 0) is 11.3 Å². The fourth-order valence-electron chi connectivity index (χ4n) is 1.70. The van der Waals surface area contributed by atoms with Crippen molar-refractivity contribution in [3.8, 4) is 0 Å². The molecule has 2 aromatic rings. The SMILES string of the molecule is CC(C)C(=O)Nc1ccc(CNC(=O)c2ccc(Cl)s2)cc1. The Morgan fingerprint density at radius 2 is 1.82 bits per heavy atom. The second-order valence-electron chi connectivity index (χ2n) is 5.13. The molecule has 0 bridgehead atoms. The Kier molecular flexibility index (Phi) is 5.57. The Morgan fingerprint density at radius 1 is 1.14 bits per heavy atom. The molecule has 0 spiro atoms. The Morgan fingerprint density at radius 3 is 2.36 bits per heavy atom. The van der Waals surface area contributed by atoms with E-state index in [1.165, 1.54) is 11.3 Å². The average Bonchev–Trinajstić information content (AvgIpc) is 2.92. The van der Waals surface area contributed by atoms with Gasteiger partial charge in [-0.15, -0.1) is 11.3 Å². The maximum absolute atomic E-state index is 11.9. The van der Waals surface area contributed by atoms with E-state index in [1.807, 2.05) is 38.1 Å². The normalized spacial score (nSPS) is 10.5. The maximum atomic E-state index is 11.9. The summed E-state index contributed by atoms with van der Waals surface area (Å²) in [5, 5.41) is 5.66. The summed E-state index contributed by atoms with van der Waals surface area (Å²) in [6.45, 7) is 4.11. The van der Waals surface area contributed by atoms with Gasteiger partial charge in [-0.05, 0) is 29.8 Å². The minimum absolute atomic E-state index is 0.0179. The first-order valence-electron chi connectivity index (χ1n) is 6.89. The summed E-state index contributed by atoms with van der Waals surface area (Å²) in [4.78, 5) is 24.1. The van der Waals surface area contributed by atoms with Crippen molar-refractivity contribution in [1.82, 2.24) is 5.32 Å². The first-order chi connectivity index (χ1) is 10.5. The van der Waals surface area contributed by atoms with Gasteiger partial charge in [0.05, 0.1) is 9.21 Å². The highest BCUT2D eigenvalue weighted by Gasteiger charge is 2.09. The average molecular weight is 337 g/mol. The first kappa shape index (κ1) is 16.5. The zero-order valence-electron chi connectivity index (χ0n) is 12.4. The van der Waals surface area contributed by atoms with Gasteiger partial charge in [0.2, 0.25) is 5.91 Å². The summed E-state index contributed by atoms with van der Waals surface area (Å²) in [7, 11) is 0. The number of carbonyl (C=O) groups is 2. The highest BCUT2D eigenvalue weighted by Crippen LogP contribution is 2.21. The lowest BCUT2D eigenvalue weighted by atomic mass is 10.1. The summed E-state index contributed by atoms with van der Waals surface area (Å²) >= 11 is 7.06. The number of halogens is 1. The smallest absolute Gasteiger partial charge is 0.261 e. The molecule has 1 heterocycles. The summed E-state index contributed by atoms with van der Waals surface area (Å²) in [5.74, 6) is -0.221. The number of benzene rings is 1. The number of amides is 2. The lowest BCUT2D eigenvalue weighted by Gasteiger charge is -2.09. The third-order valence-corrected chi connectivity index (χ3v) is 4.23. The van der Waals surface area contributed by atoms with Crippen LogP contribution in [0.5, 0.6) is 0 Å². The van der Waals surface area contributed by atoms with Gasteiger partial charge < -0.3 is 10.6 Å². The highest BCUT2D eigenvalue weighted by atomic mass is 35.5. The van der Waals surface area contributed by atoms with Crippen LogP contribution in [-0.4, -0.2) is 11.8 Å². The van der Waals surface area contributed by atoms with Crippen LogP contribution in [0.2, 0.25) is 4.34 Å². The van der Waals surface area contributed by atoms with Crippen LogP contribution >= 0.6 is 22.9 Å². The molecule has 6 heteroatoms. The Balaban J connectivity index is 1.89. The van der Waals surface area contributed by atoms with Gasteiger partial charge in [0.15, 0.2) is 0 Å². The molecule has 0 aliphatic heterocycles. The minimum Gasteiger partial charge on any atom is -0.347 e. The van der Waals surface area contributed by atoms with E-state index in [0.29, 0.717) is 15.8 Å². The lowest BCUT2D eigenvalue weighted by molar-refractivity contribution is -0.118. The molecule has 2 N–H and O–H groups in total. The molecule has 4 nitrogen and oxygen atoms in total. The van der Waals surface area contributed by atoms with Crippen LogP contribution in [0.25, 0.3) is 0 Å². The van der Waals surface area contributed by atoms with Gasteiger partial charge in [-0.3, -0.25) is 9.59 Å². The number of hydrogen-bond donors (Lipinski definition) is 2. The zero-order chi connectivity index (χ0) is 16.1. The molecular formula is C16H17ClN2O2S. The van der Waals surface area contributed by atoms with Gasteiger partial charge in [0, 0.05) is 18.2 Å². The molecular weight excluding hydrogens is 320 g/mol. The van der Waals surface area contributed by atoms with E-state index in [4.69, 9.17) is 11.6 Å². The molecule has 0 radical (unpaired) electrons. The number of rotatable bonds is 5. The highest BCUT2D eigenvalue weighted by molar-refractivity contribution is 7.17. The summed E-state index contributed by atoms with van der Waals surface area (Å²) in [5.41, 5.74) is 1.71. The van der Waals surface area contributed by atoms with E-state index >= 15 is 0 Å². The fraction of sp³-hybridized carbons (Fsp3) is 0.250. The second-order valence-corrected chi connectivity index (χ2v) is 6.84. The second kappa shape index (κ2) is 7.42. The Hall–Kier alpha value is -1.85. The van der Waals surface area contributed by atoms with Crippen LogP contribution in [0.4, 0.5) is 5.69 Å². The minimum atomic E-state index is -0.144. The number of carbonyl (C=O) groups excluding carboxylic acids is 2. The molecule has 0 fully saturated rings. The molecule has 1 aromatic carbocycles. The van der Waals surface area contributed by atoms with Crippen LogP contribution < -0.4 is 10.6 Å². The largest absolute Gasteiger partial charge is 0.347 e. The van der Waals surface area contributed by atoms with Crippen molar-refractivity contribution < 1.29 is 9.59 Å². The maximum Gasteiger partial charge on any atom is 0.261 e. The van der Waals surface area contributed by atoms with Gasteiger partial charge in [0.1, 0.15) is 0 Å². The Labute approximate surface area is 138 Å². The Bertz CT molecular complexity index is 665. The van der Waals surface area contributed by atoms with E-state index in [-0.39, 0.29) is 17.7 Å². The number of anilines is 1. The molecule has 116 valence electrons. The first-order valence-corrected chi connectivity index (χ1v) is 8.08. The summed E-state index contributed by atoms with van der Waals surface area (Å²) in [6, 6.07) is 10.8. The topological polar surface area (TPSA) is 58.2 Å². The molecule has 0 aliphatic carbocycles. The van der Waals surface area contributed by atoms with E-state index in [9.17, 15) is 9.59 Å². The standard InChI is InChI=1S/C16H17ClN2O2S/c1-10(2)15(20)19-12-5-3-11(4-6-12)9-18-16(21)13-7-8-14(17)22-13/h3-8,10H,9H2,1-2H3,(H,18,21)(H,19,20). The quantitative estimate of drug-likeness (QED) is 0.869. The molecule has 0 saturated carbocycles. The fourth-order valence-corrected chi connectivity index (χ4v) is 2.66. The molecule has 0 unspecified atom stereocenters. The van der Waals surface area contributed by atoms with Crippen LogP contribution in [0.1, 0.15) is 29.1 Å². The van der Waals surface area contributed by atoms with Crippen molar-refractivity contribution in [1.29, 1.82) is 0 Å². The summed E-state index contributed by atoms with van der Waals surface area (Å²) < 4.78 is 0.593. The van der Waals surface area contributed by atoms with Gasteiger partial charge in [-0.2, -0.15) is 0 Å². The molecule has 2 amide bonds. The lowest BCUT2D eigenvalue weighted by Crippen LogP contribution is -2.21. The predicted octanol–water partition coefficient (Wildman–Crippen LogP) is 3.93. The molecule has 22 heavy (non-hydrogen) atoms. The molecule has 0 saturated heterocycles. The van der Waals surface area contributed by atoms with Crippen LogP contribution in [0.3, 0.4) is 0 Å². The van der Waals surface area contributed by atoms with Crippen LogP contribution in [0.15, 0.2) is 36.4 Å². The van der Waals surface area contributed by atoms with Crippen molar-refractivity contribution in [2.24, 2.45) is 5.92 Å². The van der Waals surface area contributed by atoms with E-state index in [0.717, 1.165) is 11.3 Å². The van der Waals surface area contributed by atoms with Crippen molar-refractivity contribution in [2.75, 3.05) is 5.32 Å². The van der Waals surface area contributed by atoms with E-state index in [2.05, 4.69) is 10.6 Å². The van der Waals surface area contributed by atoms with E-state index in [1.54, 1.807) is 12.1 Å². The molecule has 1 aromatic heterocycles.